The van der Waals surface area contributed by atoms with Gasteiger partial charge in [-0.2, -0.15) is 0 Å². The van der Waals surface area contributed by atoms with E-state index in [1.165, 1.54) is 12.8 Å². The van der Waals surface area contributed by atoms with Crippen LogP contribution in [0.5, 0.6) is 0 Å². The number of rotatable bonds is 7. The Hall–Kier alpha value is -1.05. The Bertz CT molecular complexity index is 645. The normalized spacial score (nSPS) is 25.8. The van der Waals surface area contributed by atoms with Crippen LogP contribution in [-0.4, -0.2) is 48.2 Å². The molecule has 0 amide bonds. The molecule has 0 spiro atoms. The Morgan fingerprint density at radius 3 is 2.65 bits per heavy atom. The number of nitrogens with one attached hydrogen (secondary N) is 1. The lowest BCUT2D eigenvalue weighted by Crippen LogP contribution is -2.42. The van der Waals surface area contributed by atoms with E-state index in [0.717, 1.165) is 31.0 Å². The molecule has 23 heavy (non-hydrogen) atoms. The third-order valence-electron chi connectivity index (χ3n) is 4.83. The van der Waals surface area contributed by atoms with Gasteiger partial charge in [0.2, 0.25) is 10.0 Å². The van der Waals surface area contributed by atoms with Crippen molar-refractivity contribution in [2.45, 2.75) is 45.7 Å². The van der Waals surface area contributed by atoms with Gasteiger partial charge in [0.1, 0.15) is 0 Å². The van der Waals surface area contributed by atoms with Crippen LogP contribution in [0.15, 0.2) is 12.4 Å². The number of sulfonamides is 1. The lowest BCUT2D eigenvalue weighted by Gasteiger charge is -2.19. The zero-order valence-corrected chi connectivity index (χ0v) is 14.7. The van der Waals surface area contributed by atoms with Gasteiger partial charge in [0, 0.05) is 38.1 Å². The summed E-state index contributed by atoms with van der Waals surface area (Å²) < 4.78 is 27.2. The summed E-state index contributed by atoms with van der Waals surface area (Å²) in [6, 6.07) is 0.0380. The molecule has 0 aromatic carbocycles. The second-order valence-corrected chi connectivity index (χ2v) is 8.70. The molecular formula is C16H26N4O2S. The first kappa shape index (κ1) is 16.8. The van der Waals surface area contributed by atoms with E-state index >= 15 is 0 Å². The van der Waals surface area contributed by atoms with Gasteiger partial charge in [0.15, 0.2) is 0 Å². The fourth-order valence-corrected chi connectivity index (χ4v) is 4.90. The van der Waals surface area contributed by atoms with Gasteiger partial charge in [-0.15, -0.1) is 0 Å². The van der Waals surface area contributed by atoms with E-state index in [9.17, 15) is 8.42 Å². The highest BCUT2D eigenvalue weighted by Gasteiger charge is 2.43. The summed E-state index contributed by atoms with van der Waals surface area (Å²) in [5, 5.41) is 0. The average molecular weight is 338 g/mol. The van der Waals surface area contributed by atoms with Crippen molar-refractivity contribution in [1.82, 2.24) is 19.6 Å². The summed E-state index contributed by atoms with van der Waals surface area (Å²) in [4.78, 5) is 11.0. The Kier molecular flexibility index (Phi) is 4.98. The molecule has 1 aliphatic carbocycles. The molecule has 2 aliphatic rings. The Morgan fingerprint density at radius 2 is 2.00 bits per heavy atom. The van der Waals surface area contributed by atoms with Gasteiger partial charge >= 0.3 is 0 Å². The van der Waals surface area contributed by atoms with E-state index in [1.807, 2.05) is 13.8 Å². The highest BCUT2D eigenvalue weighted by atomic mass is 32.2. The Labute approximate surface area is 138 Å². The van der Waals surface area contributed by atoms with E-state index < -0.39 is 10.0 Å². The molecule has 6 nitrogen and oxygen atoms in total. The molecule has 1 N–H and O–H groups in total. The molecule has 2 heterocycles. The van der Waals surface area contributed by atoms with Crippen LogP contribution in [0.4, 0.5) is 0 Å². The van der Waals surface area contributed by atoms with E-state index in [0.29, 0.717) is 18.3 Å². The first-order valence-corrected chi connectivity index (χ1v) is 10.1. The van der Waals surface area contributed by atoms with E-state index in [-0.39, 0.29) is 11.8 Å². The number of hydrogen-bond donors (Lipinski definition) is 1. The molecule has 1 saturated carbocycles. The molecule has 2 fully saturated rings. The molecule has 2 atom stereocenters. The SMILES string of the molecule is CCCS(=O)(=O)N[C@@H]1CN(Cc2nccnc2C)C[C@H]1C1CC1. The summed E-state index contributed by atoms with van der Waals surface area (Å²) >= 11 is 0. The highest BCUT2D eigenvalue weighted by molar-refractivity contribution is 7.89. The van der Waals surface area contributed by atoms with Gasteiger partial charge in [-0.25, -0.2) is 13.1 Å². The largest absolute Gasteiger partial charge is 0.296 e. The van der Waals surface area contributed by atoms with E-state index in [1.54, 1.807) is 12.4 Å². The molecule has 0 bridgehead atoms. The molecule has 1 aliphatic heterocycles. The van der Waals surface area contributed by atoms with Crippen molar-refractivity contribution in [1.29, 1.82) is 0 Å². The van der Waals surface area contributed by atoms with Crippen LogP contribution in [0, 0.1) is 18.8 Å². The lowest BCUT2D eigenvalue weighted by atomic mass is 9.99. The van der Waals surface area contributed by atoms with Crippen LogP contribution in [0.1, 0.15) is 37.6 Å². The van der Waals surface area contributed by atoms with Crippen LogP contribution >= 0.6 is 0 Å². The first-order valence-electron chi connectivity index (χ1n) is 8.47. The second kappa shape index (κ2) is 6.83. The maximum Gasteiger partial charge on any atom is 0.211 e. The fourth-order valence-electron chi connectivity index (χ4n) is 3.53. The van der Waals surface area contributed by atoms with Crippen molar-refractivity contribution in [2.24, 2.45) is 11.8 Å². The minimum atomic E-state index is -3.16. The molecule has 0 radical (unpaired) electrons. The predicted molar refractivity (Wildman–Crippen MR) is 89.3 cm³/mol. The van der Waals surface area contributed by atoms with Crippen molar-refractivity contribution in [3.63, 3.8) is 0 Å². The highest BCUT2D eigenvalue weighted by Crippen LogP contribution is 2.41. The Morgan fingerprint density at radius 1 is 1.26 bits per heavy atom. The van der Waals surface area contributed by atoms with Gasteiger partial charge < -0.3 is 0 Å². The number of nitrogens with zero attached hydrogens (tertiary/aromatic N) is 3. The summed E-state index contributed by atoms with van der Waals surface area (Å²) in [6.07, 6.45) is 6.54. The zero-order chi connectivity index (χ0) is 16.4. The van der Waals surface area contributed by atoms with Crippen LogP contribution in [0.25, 0.3) is 0 Å². The standard InChI is InChI=1S/C16H26N4O2S/c1-3-8-23(21,22)19-16-11-20(9-14(16)13-4-5-13)10-15-12(2)17-6-7-18-15/h6-7,13-14,16,19H,3-5,8-11H2,1-2H3/t14-,16+/m0/s1. The van der Waals surface area contributed by atoms with Crippen molar-refractivity contribution >= 4 is 10.0 Å². The molecule has 1 aromatic heterocycles. The smallest absolute Gasteiger partial charge is 0.211 e. The minimum Gasteiger partial charge on any atom is -0.296 e. The van der Waals surface area contributed by atoms with Gasteiger partial charge in [-0.05, 0) is 38.0 Å². The average Bonchev–Trinajstić information content (AvgIpc) is 3.25. The lowest BCUT2D eigenvalue weighted by molar-refractivity contribution is 0.305. The van der Waals surface area contributed by atoms with Gasteiger partial charge in [-0.1, -0.05) is 6.92 Å². The minimum absolute atomic E-state index is 0.0380. The topological polar surface area (TPSA) is 75.2 Å². The molecule has 1 aromatic rings. The number of aromatic nitrogens is 2. The summed E-state index contributed by atoms with van der Waals surface area (Å²) in [7, 11) is -3.16. The van der Waals surface area contributed by atoms with E-state index in [2.05, 4.69) is 19.6 Å². The van der Waals surface area contributed by atoms with Crippen molar-refractivity contribution in [3.8, 4) is 0 Å². The maximum absolute atomic E-state index is 12.1. The van der Waals surface area contributed by atoms with Gasteiger partial charge in [0.25, 0.3) is 0 Å². The van der Waals surface area contributed by atoms with E-state index in [4.69, 9.17) is 0 Å². The number of hydrogen-bond acceptors (Lipinski definition) is 5. The zero-order valence-electron chi connectivity index (χ0n) is 13.9. The summed E-state index contributed by atoms with van der Waals surface area (Å²) in [5.41, 5.74) is 1.93. The van der Waals surface area contributed by atoms with Crippen LogP contribution in [-0.2, 0) is 16.6 Å². The Balaban J connectivity index is 1.67. The molecule has 7 heteroatoms. The molecule has 0 unspecified atom stereocenters. The van der Waals surface area contributed by atoms with Gasteiger partial charge in [-0.3, -0.25) is 14.9 Å². The summed E-state index contributed by atoms with van der Waals surface area (Å²) in [5.74, 6) is 1.32. The molecule has 1 saturated heterocycles. The number of likely N-dealkylation sites (tertiary alicyclic amines) is 1. The molecule has 128 valence electrons. The molecular weight excluding hydrogens is 312 g/mol. The summed E-state index contributed by atoms with van der Waals surface area (Å²) in [6.45, 7) is 6.32. The third-order valence-corrected chi connectivity index (χ3v) is 6.44. The second-order valence-electron chi connectivity index (χ2n) is 6.83. The van der Waals surface area contributed by atoms with Crippen molar-refractivity contribution in [3.05, 3.63) is 23.8 Å². The van der Waals surface area contributed by atoms with Crippen molar-refractivity contribution in [2.75, 3.05) is 18.8 Å². The first-order chi connectivity index (χ1) is 11.0. The van der Waals surface area contributed by atoms with Crippen LogP contribution in [0.3, 0.4) is 0 Å². The third kappa shape index (κ3) is 4.28. The van der Waals surface area contributed by atoms with Crippen molar-refractivity contribution < 1.29 is 8.42 Å². The van der Waals surface area contributed by atoms with Crippen LogP contribution in [0.2, 0.25) is 0 Å². The quantitative estimate of drug-likeness (QED) is 0.812. The van der Waals surface area contributed by atoms with Gasteiger partial charge in [0.05, 0.1) is 17.1 Å². The predicted octanol–water partition coefficient (Wildman–Crippen LogP) is 1.32. The molecule has 3 rings (SSSR count). The number of aryl methyl sites for hydroxylation is 1. The van der Waals surface area contributed by atoms with Crippen LogP contribution < -0.4 is 4.72 Å². The monoisotopic (exact) mass is 338 g/mol. The fraction of sp³-hybridized carbons (Fsp3) is 0.750. The maximum atomic E-state index is 12.1.